The average Bonchev–Trinajstić information content (AvgIpc) is 3.30. The van der Waals surface area contributed by atoms with E-state index in [1.165, 1.54) is 23.4 Å². The minimum atomic E-state index is -0.235. The summed E-state index contributed by atoms with van der Waals surface area (Å²) in [5.74, 6) is 1.01. The first kappa shape index (κ1) is 20.6. The Morgan fingerprint density at radius 2 is 1.62 bits per heavy atom. The molecule has 2 aromatic heterocycles. The molecule has 1 aliphatic rings. The Balaban J connectivity index is 1.34. The van der Waals surface area contributed by atoms with Crippen molar-refractivity contribution in [1.29, 1.82) is 0 Å². The van der Waals surface area contributed by atoms with Crippen molar-refractivity contribution in [3.05, 3.63) is 102 Å². The number of hydrogen-bond donors (Lipinski definition) is 0. The predicted molar refractivity (Wildman–Crippen MR) is 125 cm³/mol. The van der Waals surface area contributed by atoms with E-state index in [1.54, 1.807) is 18.3 Å². The van der Waals surface area contributed by atoms with Gasteiger partial charge in [-0.15, -0.1) is 0 Å². The number of likely N-dealkylation sites (tertiary alicyclic amines) is 1. The molecule has 1 fully saturated rings. The molecule has 0 aliphatic carbocycles. The molecule has 1 aliphatic heterocycles. The zero-order valence-corrected chi connectivity index (χ0v) is 18.1. The van der Waals surface area contributed by atoms with Gasteiger partial charge in [-0.3, -0.25) is 0 Å². The van der Waals surface area contributed by atoms with Crippen LogP contribution >= 0.6 is 0 Å². The van der Waals surface area contributed by atoms with Crippen molar-refractivity contribution < 1.29 is 4.39 Å². The van der Waals surface area contributed by atoms with Gasteiger partial charge >= 0.3 is 0 Å². The number of piperidine rings is 1. The van der Waals surface area contributed by atoms with Crippen LogP contribution in [0, 0.1) is 5.82 Å². The van der Waals surface area contributed by atoms with Gasteiger partial charge in [0, 0.05) is 29.9 Å². The monoisotopic (exact) mass is 426 g/mol. The van der Waals surface area contributed by atoms with Crippen LogP contribution in [-0.2, 0) is 6.42 Å². The summed E-state index contributed by atoms with van der Waals surface area (Å²) in [6.45, 7) is 3.25. The summed E-state index contributed by atoms with van der Waals surface area (Å²) >= 11 is 0. The molecule has 0 unspecified atom stereocenters. The van der Waals surface area contributed by atoms with Gasteiger partial charge in [0.25, 0.3) is 0 Å². The van der Waals surface area contributed by atoms with Gasteiger partial charge in [-0.2, -0.15) is 5.10 Å². The molecule has 32 heavy (non-hydrogen) atoms. The van der Waals surface area contributed by atoms with Gasteiger partial charge in [0.1, 0.15) is 5.82 Å². The van der Waals surface area contributed by atoms with Crippen molar-refractivity contribution in [2.75, 3.05) is 19.6 Å². The highest BCUT2D eigenvalue weighted by Gasteiger charge is 2.25. The van der Waals surface area contributed by atoms with Crippen LogP contribution in [0.15, 0.2) is 85.1 Å². The third kappa shape index (κ3) is 4.63. The maximum Gasteiger partial charge on any atom is 0.153 e. The lowest BCUT2D eigenvalue weighted by Gasteiger charge is -2.32. The number of rotatable bonds is 6. The summed E-state index contributed by atoms with van der Waals surface area (Å²) in [4.78, 5) is 7.09. The second kappa shape index (κ2) is 9.45. The number of pyridine rings is 1. The van der Waals surface area contributed by atoms with Crippen LogP contribution in [0.4, 0.5) is 4.39 Å². The second-order valence-corrected chi connectivity index (χ2v) is 8.41. The summed E-state index contributed by atoms with van der Waals surface area (Å²) in [6, 6.07) is 25.3. The quantitative estimate of drug-likeness (QED) is 0.409. The zero-order chi connectivity index (χ0) is 21.8. The van der Waals surface area contributed by atoms with E-state index in [4.69, 9.17) is 5.10 Å². The topological polar surface area (TPSA) is 34.0 Å². The van der Waals surface area contributed by atoms with E-state index >= 15 is 0 Å². The SMILES string of the molecule is Fc1ccc(-c2cc(C3CCN(CCc4ccccc4)CC3)n(-c3ccccn3)n2)cc1. The Labute approximate surface area is 188 Å². The van der Waals surface area contributed by atoms with Crippen LogP contribution in [0.25, 0.3) is 17.1 Å². The van der Waals surface area contributed by atoms with Crippen LogP contribution in [-0.4, -0.2) is 39.3 Å². The Morgan fingerprint density at radius 3 is 2.34 bits per heavy atom. The van der Waals surface area contributed by atoms with Crippen LogP contribution in [0.3, 0.4) is 0 Å². The molecule has 0 spiro atoms. The molecular formula is C27H27FN4. The molecule has 4 aromatic rings. The predicted octanol–water partition coefficient (Wildman–Crippen LogP) is 5.50. The van der Waals surface area contributed by atoms with E-state index in [-0.39, 0.29) is 5.82 Å². The van der Waals surface area contributed by atoms with Gasteiger partial charge in [-0.25, -0.2) is 14.1 Å². The Morgan fingerprint density at radius 1 is 0.875 bits per heavy atom. The van der Waals surface area contributed by atoms with E-state index in [0.717, 1.165) is 56.0 Å². The van der Waals surface area contributed by atoms with Gasteiger partial charge in [-0.1, -0.05) is 36.4 Å². The minimum Gasteiger partial charge on any atom is -0.303 e. The van der Waals surface area contributed by atoms with Gasteiger partial charge < -0.3 is 4.90 Å². The molecule has 162 valence electrons. The third-order valence-corrected chi connectivity index (χ3v) is 6.31. The highest BCUT2D eigenvalue weighted by molar-refractivity contribution is 5.60. The first-order valence-electron chi connectivity index (χ1n) is 11.3. The van der Waals surface area contributed by atoms with Gasteiger partial charge in [0.15, 0.2) is 5.82 Å². The number of hydrogen-bond acceptors (Lipinski definition) is 3. The molecule has 5 heteroatoms. The molecule has 3 heterocycles. The molecule has 0 bridgehead atoms. The smallest absolute Gasteiger partial charge is 0.153 e. The van der Waals surface area contributed by atoms with Crippen molar-refractivity contribution in [2.24, 2.45) is 0 Å². The molecule has 0 radical (unpaired) electrons. The fourth-order valence-corrected chi connectivity index (χ4v) is 4.49. The molecule has 0 amide bonds. The lowest BCUT2D eigenvalue weighted by atomic mass is 9.92. The van der Waals surface area contributed by atoms with Crippen molar-refractivity contribution in [3.8, 4) is 17.1 Å². The van der Waals surface area contributed by atoms with Crippen molar-refractivity contribution >= 4 is 0 Å². The largest absolute Gasteiger partial charge is 0.303 e. The summed E-state index contributed by atoms with van der Waals surface area (Å²) < 4.78 is 15.4. The van der Waals surface area contributed by atoms with E-state index in [0.29, 0.717) is 5.92 Å². The molecule has 2 aromatic carbocycles. The molecule has 0 saturated carbocycles. The highest BCUT2D eigenvalue weighted by atomic mass is 19.1. The molecule has 0 atom stereocenters. The summed E-state index contributed by atoms with van der Waals surface area (Å²) in [5, 5.41) is 4.87. The molecule has 4 nitrogen and oxygen atoms in total. The summed E-state index contributed by atoms with van der Waals surface area (Å²) in [6.07, 6.45) is 5.07. The highest BCUT2D eigenvalue weighted by Crippen LogP contribution is 2.32. The van der Waals surface area contributed by atoms with Gasteiger partial charge in [0.05, 0.1) is 5.69 Å². The van der Waals surface area contributed by atoms with Crippen molar-refractivity contribution in [1.82, 2.24) is 19.7 Å². The standard InChI is InChI=1S/C27H27FN4/c28-24-11-9-22(10-12-24)25-20-26(32(30-25)27-8-4-5-16-29-27)23-14-18-31(19-15-23)17-13-21-6-2-1-3-7-21/h1-12,16,20,23H,13-15,17-19H2. The fraction of sp³-hybridized carbons (Fsp3) is 0.259. The third-order valence-electron chi connectivity index (χ3n) is 6.31. The van der Waals surface area contributed by atoms with Crippen LogP contribution in [0.1, 0.15) is 30.0 Å². The first-order chi connectivity index (χ1) is 15.8. The molecule has 0 N–H and O–H groups in total. The van der Waals surface area contributed by atoms with Crippen LogP contribution in [0.5, 0.6) is 0 Å². The number of aromatic nitrogens is 3. The second-order valence-electron chi connectivity index (χ2n) is 8.41. The Kier molecular flexibility index (Phi) is 6.08. The van der Waals surface area contributed by atoms with Crippen molar-refractivity contribution in [2.45, 2.75) is 25.2 Å². The van der Waals surface area contributed by atoms with Gasteiger partial charge in [0.2, 0.25) is 0 Å². The normalized spacial score (nSPS) is 15.2. The summed E-state index contributed by atoms with van der Waals surface area (Å²) in [7, 11) is 0. The minimum absolute atomic E-state index is 0.235. The lowest BCUT2D eigenvalue weighted by molar-refractivity contribution is 0.212. The van der Waals surface area contributed by atoms with E-state index in [1.807, 2.05) is 22.9 Å². The first-order valence-corrected chi connectivity index (χ1v) is 11.3. The van der Waals surface area contributed by atoms with E-state index in [2.05, 4.69) is 46.3 Å². The number of nitrogens with zero attached hydrogens (tertiary/aromatic N) is 4. The maximum absolute atomic E-state index is 13.4. The Hall–Kier alpha value is -3.31. The van der Waals surface area contributed by atoms with Crippen molar-refractivity contribution in [3.63, 3.8) is 0 Å². The molecule has 5 rings (SSSR count). The fourth-order valence-electron chi connectivity index (χ4n) is 4.49. The molecular weight excluding hydrogens is 399 g/mol. The summed E-state index contributed by atoms with van der Waals surface area (Å²) in [5.41, 5.74) is 4.36. The Bertz CT molecular complexity index is 1130. The van der Waals surface area contributed by atoms with Gasteiger partial charge in [-0.05, 0) is 80.4 Å². The maximum atomic E-state index is 13.4. The molecule has 1 saturated heterocycles. The average molecular weight is 427 g/mol. The van der Waals surface area contributed by atoms with E-state index < -0.39 is 0 Å². The zero-order valence-electron chi connectivity index (χ0n) is 18.1. The lowest BCUT2D eigenvalue weighted by Crippen LogP contribution is -2.35. The number of halogens is 1. The van der Waals surface area contributed by atoms with Crippen LogP contribution < -0.4 is 0 Å². The van der Waals surface area contributed by atoms with E-state index in [9.17, 15) is 4.39 Å². The van der Waals surface area contributed by atoms with Crippen LogP contribution in [0.2, 0.25) is 0 Å². The number of benzene rings is 2.